The molecule has 0 fully saturated rings. The molecule has 0 unspecified atom stereocenters. The van der Waals surface area contributed by atoms with Crippen LogP contribution in [0.2, 0.25) is 0 Å². The first-order valence-corrected chi connectivity index (χ1v) is 15.9. The molecule has 10 nitrogen and oxygen atoms in total. The average molecular weight is 617 g/mol. The van der Waals surface area contributed by atoms with Crippen LogP contribution in [0.4, 0.5) is 11.4 Å². The first-order valence-electron chi connectivity index (χ1n) is 13.1. The zero-order chi connectivity index (χ0) is 29.5. The van der Waals surface area contributed by atoms with Crippen molar-refractivity contribution in [3.05, 3.63) is 59.7 Å². The number of rotatable bonds is 16. The lowest BCUT2D eigenvalue weighted by Gasteiger charge is -2.07. The summed E-state index contributed by atoms with van der Waals surface area (Å²) < 4.78 is 11.6. The smallest absolute Gasteiger partial charge is 0.338 e. The van der Waals surface area contributed by atoms with E-state index in [1.54, 1.807) is 48.5 Å². The molecule has 0 radical (unpaired) electrons. The van der Waals surface area contributed by atoms with Crippen LogP contribution < -0.4 is 10.6 Å². The Morgan fingerprint density at radius 3 is 1.44 bits per heavy atom. The second-order valence-electron chi connectivity index (χ2n) is 8.64. The van der Waals surface area contributed by atoms with E-state index < -0.39 is 0 Å². The monoisotopic (exact) mass is 616 g/mol. The fourth-order valence-corrected chi connectivity index (χ4v) is 5.75. The molecule has 13 heteroatoms. The molecule has 2 N–H and O–H groups in total. The number of carbonyl (C=O) groups is 4. The van der Waals surface area contributed by atoms with E-state index in [4.69, 9.17) is 9.47 Å². The summed E-state index contributed by atoms with van der Waals surface area (Å²) in [6.45, 7) is 4.82. The maximum absolute atomic E-state index is 12.3. The SMILES string of the molecule is CCCCOC(=O)c1ccc(NC(=O)CSc2nnc(SCC(=O)Nc3ccc(C(=O)OCCCC)cc3)s2)cc1. The fraction of sp³-hybridized carbons (Fsp3) is 0.357. The molecule has 0 aliphatic heterocycles. The van der Waals surface area contributed by atoms with E-state index in [1.807, 2.05) is 13.8 Å². The number of nitrogens with one attached hydrogen (secondary N) is 2. The van der Waals surface area contributed by atoms with Gasteiger partial charge < -0.3 is 20.1 Å². The van der Waals surface area contributed by atoms with Crippen molar-refractivity contribution in [1.82, 2.24) is 10.2 Å². The summed E-state index contributed by atoms with van der Waals surface area (Å²) in [5, 5.41) is 13.7. The van der Waals surface area contributed by atoms with Gasteiger partial charge >= 0.3 is 11.9 Å². The summed E-state index contributed by atoms with van der Waals surface area (Å²) in [7, 11) is 0. The van der Waals surface area contributed by atoms with Crippen LogP contribution in [-0.4, -0.2) is 58.7 Å². The number of ether oxygens (including phenoxy) is 2. The maximum Gasteiger partial charge on any atom is 0.338 e. The third kappa shape index (κ3) is 11.5. The van der Waals surface area contributed by atoms with Crippen LogP contribution in [0.3, 0.4) is 0 Å². The minimum Gasteiger partial charge on any atom is -0.462 e. The predicted octanol–water partition coefficient (Wildman–Crippen LogP) is 5.91. The number of carbonyl (C=O) groups excluding carboxylic acids is 4. The molecule has 0 bridgehead atoms. The normalized spacial score (nSPS) is 10.6. The number of aromatic nitrogens is 2. The van der Waals surface area contributed by atoms with Gasteiger partial charge in [-0.25, -0.2) is 9.59 Å². The molecule has 41 heavy (non-hydrogen) atoms. The number of unbranched alkanes of at least 4 members (excludes halogenated alkanes) is 2. The van der Waals surface area contributed by atoms with E-state index in [0.29, 0.717) is 44.4 Å². The number of nitrogens with zero attached hydrogens (tertiary/aromatic N) is 2. The number of thioether (sulfide) groups is 2. The number of hydrogen-bond donors (Lipinski definition) is 2. The minimum absolute atomic E-state index is 0.128. The lowest BCUT2D eigenvalue weighted by atomic mass is 10.2. The molecule has 0 saturated carbocycles. The molecule has 1 aromatic heterocycles. The van der Waals surface area contributed by atoms with Crippen LogP contribution in [0.1, 0.15) is 60.2 Å². The van der Waals surface area contributed by atoms with Crippen LogP contribution in [0, 0.1) is 0 Å². The quantitative estimate of drug-likeness (QED) is 0.113. The van der Waals surface area contributed by atoms with Crippen molar-refractivity contribution in [2.24, 2.45) is 0 Å². The van der Waals surface area contributed by atoms with Gasteiger partial charge in [0, 0.05) is 11.4 Å². The Morgan fingerprint density at radius 2 is 1.07 bits per heavy atom. The molecular formula is C28H32N4O6S3. The van der Waals surface area contributed by atoms with E-state index in [2.05, 4.69) is 20.8 Å². The summed E-state index contributed by atoms with van der Waals surface area (Å²) in [6, 6.07) is 13.1. The third-order valence-electron chi connectivity index (χ3n) is 5.31. The van der Waals surface area contributed by atoms with Crippen molar-refractivity contribution in [2.75, 3.05) is 35.4 Å². The van der Waals surface area contributed by atoms with Gasteiger partial charge in [-0.3, -0.25) is 9.59 Å². The molecule has 3 rings (SSSR count). The van der Waals surface area contributed by atoms with Gasteiger partial charge in [-0.1, -0.05) is 61.5 Å². The molecule has 0 saturated heterocycles. The Bertz CT molecular complexity index is 1200. The lowest BCUT2D eigenvalue weighted by molar-refractivity contribution is -0.114. The Morgan fingerprint density at radius 1 is 0.683 bits per heavy atom. The van der Waals surface area contributed by atoms with Gasteiger partial charge in [0.15, 0.2) is 8.68 Å². The van der Waals surface area contributed by atoms with Crippen molar-refractivity contribution < 1.29 is 28.7 Å². The summed E-state index contributed by atoms with van der Waals surface area (Å²) in [6.07, 6.45) is 3.53. The number of hydrogen-bond acceptors (Lipinski definition) is 11. The second kappa shape index (κ2) is 17.4. The molecule has 3 aromatic rings. The van der Waals surface area contributed by atoms with E-state index in [0.717, 1.165) is 25.7 Å². The average Bonchev–Trinajstić information content (AvgIpc) is 3.44. The van der Waals surface area contributed by atoms with Gasteiger partial charge in [-0.05, 0) is 61.4 Å². The maximum atomic E-state index is 12.3. The lowest BCUT2D eigenvalue weighted by Crippen LogP contribution is -2.14. The number of amides is 2. The summed E-state index contributed by atoms with van der Waals surface area (Å²) in [4.78, 5) is 48.6. The molecule has 0 aliphatic rings. The molecular weight excluding hydrogens is 585 g/mol. The zero-order valence-electron chi connectivity index (χ0n) is 22.8. The van der Waals surface area contributed by atoms with Crippen LogP contribution in [-0.2, 0) is 19.1 Å². The van der Waals surface area contributed by atoms with Gasteiger partial charge in [0.05, 0.1) is 35.8 Å². The van der Waals surface area contributed by atoms with Crippen molar-refractivity contribution >= 4 is 70.0 Å². The topological polar surface area (TPSA) is 137 Å². The van der Waals surface area contributed by atoms with Gasteiger partial charge in [-0.15, -0.1) is 10.2 Å². The first-order chi connectivity index (χ1) is 19.9. The third-order valence-corrected chi connectivity index (χ3v) is 8.50. The van der Waals surface area contributed by atoms with Gasteiger partial charge in [0.2, 0.25) is 11.8 Å². The van der Waals surface area contributed by atoms with Crippen molar-refractivity contribution in [3.8, 4) is 0 Å². The summed E-state index contributed by atoms with van der Waals surface area (Å²) >= 11 is 3.78. The fourth-order valence-electron chi connectivity index (χ4n) is 3.13. The Kier molecular flexibility index (Phi) is 13.6. The molecule has 0 aliphatic carbocycles. The zero-order valence-corrected chi connectivity index (χ0v) is 25.3. The number of benzene rings is 2. The molecule has 1 heterocycles. The highest BCUT2D eigenvalue weighted by Gasteiger charge is 2.13. The van der Waals surface area contributed by atoms with Crippen LogP contribution in [0.5, 0.6) is 0 Å². The highest BCUT2D eigenvalue weighted by atomic mass is 32.2. The van der Waals surface area contributed by atoms with Gasteiger partial charge in [0.25, 0.3) is 0 Å². The predicted molar refractivity (Wildman–Crippen MR) is 162 cm³/mol. The second-order valence-corrected chi connectivity index (χ2v) is 12.1. The van der Waals surface area contributed by atoms with Crippen LogP contribution in [0.15, 0.2) is 57.2 Å². The Hall–Kier alpha value is -3.42. The Labute approximate surface area is 251 Å². The molecule has 2 aromatic carbocycles. The standard InChI is InChI=1S/C28H32N4O6S3/c1-3-5-15-37-25(35)19-7-11-21(12-8-19)29-23(33)17-39-27-31-32-28(41-27)40-18-24(34)30-22-13-9-20(10-14-22)26(36)38-16-6-4-2/h7-14H,3-6,15-18H2,1-2H3,(H,29,33)(H,30,34). The molecule has 2 amide bonds. The van der Waals surface area contributed by atoms with Crippen LogP contribution >= 0.6 is 34.9 Å². The highest BCUT2D eigenvalue weighted by Crippen LogP contribution is 2.29. The minimum atomic E-state index is -0.385. The summed E-state index contributed by atoms with van der Waals surface area (Å²) in [5.74, 6) is -0.963. The highest BCUT2D eigenvalue weighted by molar-refractivity contribution is 8.03. The Balaban J connectivity index is 1.36. The van der Waals surface area contributed by atoms with Gasteiger partial charge in [-0.2, -0.15) is 0 Å². The van der Waals surface area contributed by atoms with E-state index in [-0.39, 0.29) is 35.3 Å². The van der Waals surface area contributed by atoms with E-state index in [9.17, 15) is 19.2 Å². The van der Waals surface area contributed by atoms with Crippen LogP contribution in [0.25, 0.3) is 0 Å². The summed E-state index contributed by atoms with van der Waals surface area (Å²) in [5.41, 5.74) is 2.00. The molecule has 218 valence electrons. The van der Waals surface area contributed by atoms with E-state index >= 15 is 0 Å². The van der Waals surface area contributed by atoms with Crippen molar-refractivity contribution in [1.29, 1.82) is 0 Å². The molecule has 0 spiro atoms. The van der Waals surface area contributed by atoms with Crippen molar-refractivity contribution in [2.45, 2.75) is 48.2 Å². The number of esters is 2. The first kappa shape index (κ1) is 32.1. The molecule has 0 atom stereocenters. The largest absolute Gasteiger partial charge is 0.462 e. The number of anilines is 2. The van der Waals surface area contributed by atoms with Gasteiger partial charge in [0.1, 0.15) is 0 Å². The van der Waals surface area contributed by atoms with Crippen molar-refractivity contribution in [3.63, 3.8) is 0 Å². The van der Waals surface area contributed by atoms with E-state index in [1.165, 1.54) is 34.9 Å².